The number of ether oxygens (including phenoxy) is 2. The van der Waals surface area contributed by atoms with E-state index in [1.54, 1.807) is 0 Å². The average Bonchev–Trinajstić information content (AvgIpc) is 3.01. The van der Waals surface area contributed by atoms with Crippen molar-refractivity contribution >= 4 is 12.4 Å². The van der Waals surface area contributed by atoms with Crippen LogP contribution in [0.5, 0.6) is 0 Å². The van der Waals surface area contributed by atoms with Gasteiger partial charge in [0.1, 0.15) is 6.29 Å². The summed E-state index contributed by atoms with van der Waals surface area (Å²) in [5.74, 6) is -0.471. The molecule has 23 heavy (non-hydrogen) atoms. The first kappa shape index (κ1) is 16.4. The van der Waals surface area contributed by atoms with Crippen molar-refractivity contribution in [1.82, 2.24) is 0 Å². The third-order valence-electron chi connectivity index (χ3n) is 5.20. The van der Waals surface area contributed by atoms with E-state index >= 15 is 0 Å². The van der Waals surface area contributed by atoms with Gasteiger partial charge in [0.05, 0.1) is 18.8 Å². The van der Waals surface area contributed by atoms with Gasteiger partial charge in [-0.05, 0) is 49.5 Å². The van der Waals surface area contributed by atoms with Crippen molar-refractivity contribution in [2.75, 3.05) is 13.2 Å². The van der Waals surface area contributed by atoms with E-state index in [1.165, 1.54) is 0 Å². The maximum atomic E-state index is 11.1. The molecule has 1 aliphatic carbocycles. The Balaban J connectivity index is 1.76. The molecule has 0 unspecified atom stereocenters. The molecule has 1 aromatic rings. The van der Waals surface area contributed by atoms with E-state index in [1.807, 2.05) is 38.1 Å². The van der Waals surface area contributed by atoms with Crippen LogP contribution in [0, 0.1) is 6.92 Å². The fourth-order valence-electron chi connectivity index (χ4n) is 3.48. The molecule has 0 bridgehead atoms. The van der Waals surface area contributed by atoms with Gasteiger partial charge in [-0.15, -0.1) is 0 Å². The Bertz CT molecular complexity index is 616. The molecule has 0 aromatic heterocycles. The zero-order valence-electron chi connectivity index (χ0n) is 13.8. The van der Waals surface area contributed by atoms with Crippen LogP contribution in [0.1, 0.15) is 54.1 Å². The Kier molecular flexibility index (Phi) is 4.41. The molecule has 0 atom stereocenters. The molecular weight excluding hydrogens is 292 g/mol. The molecule has 4 heteroatoms. The Morgan fingerprint density at radius 2 is 1.83 bits per heavy atom. The molecule has 1 saturated heterocycles. The summed E-state index contributed by atoms with van der Waals surface area (Å²) < 4.78 is 11.4. The summed E-state index contributed by atoms with van der Waals surface area (Å²) in [6.07, 6.45) is 5.52. The topological polar surface area (TPSA) is 55.8 Å². The molecule has 1 spiro atoms. The normalized spacial score (nSPS) is 23.2. The van der Waals surface area contributed by atoms with Gasteiger partial charge < -0.3 is 14.6 Å². The minimum atomic E-state index is -0.827. The Hall–Kier alpha value is -1.49. The van der Waals surface area contributed by atoms with E-state index in [2.05, 4.69) is 0 Å². The first-order valence-electron chi connectivity index (χ1n) is 8.21. The van der Waals surface area contributed by atoms with E-state index in [0.717, 1.165) is 23.0 Å². The highest BCUT2D eigenvalue weighted by atomic mass is 16.7. The predicted octanol–water partition coefficient (Wildman–Crippen LogP) is 3.26. The predicted molar refractivity (Wildman–Crippen MR) is 88.3 cm³/mol. The monoisotopic (exact) mass is 316 g/mol. The smallest absolute Gasteiger partial charge is 0.168 e. The van der Waals surface area contributed by atoms with Crippen LogP contribution in [0.4, 0.5) is 0 Å². The lowest BCUT2D eigenvalue weighted by molar-refractivity contribution is -0.197. The fraction of sp³-hybridized carbons (Fsp3) is 0.526. The molecule has 124 valence electrons. The van der Waals surface area contributed by atoms with Crippen molar-refractivity contribution in [1.29, 1.82) is 0 Å². The van der Waals surface area contributed by atoms with Crippen LogP contribution < -0.4 is 0 Å². The molecule has 3 rings (SSSR count). The standard InChI is InChI=1S/C19H24O4/c1-14-3-4-16(12-17(14)13-20)11-15(2)18(21)5-7-19(8-6-18)22-9-10-23-19/h3-4,11-13,21H,5-10H2,1-2H3/b15-11+. The number of hydrogen-bond donors (Lipinski definition) is 1. The highest BCUT2D eigenvalue weighted by Crippen LogP contribution is 2.43. The summed E-state index contributed by atoms with van der Waals surface area (Å²) in [4.78, 5) is 11.1. The number of aliphatic hydroxyl groups is 1. The molecule has 0 radical (unpaired) electrons. The summed E-state index contributed by atoms with van der Waals surface area (Å²) in [6, 6.07) is 5.77. The Morgan fingerprint density at radius 1 is 1.17 bits per heavy atom. The number of carbonyl (C=O) groups is 1. The molecule has 1 saturated carbocycles. The lowest BCUT2D eigenvalue weighted by Gasteiger charge is -2.41. The molecule has 1 N–H and O–H groups in total. The van der Waals surface area contributed by atoms with Gasteiger partial charge in [0.25, 0.3) is 0 Å². The minimum Gasteiger partial charge on any atom is -0.386 e. The number of rotatable bonds is 3. The van der Waals surface area contributed by atoms with Crippen LogP contribution >= 0.6 is 0 Å². The summed E-state index contributed by atoms with van der Waals surface area (Å²) >= 11 is 0. The van der Waals surface area contributed by atoms with Crippen LogP contribution in [0.15, 0.2) is 23.8 Å². The largest absolute Gasteiger partial charge is 0.386 e. The zero-order valence-corrected chi connectivity index (χ0v) is 13.8. The molecular formula is C19H24O4. The number of carbonyl (C=O) groups excluding carboxylic acids is 1. The molecule has 4 nitrogen and oxygen atoms in total. The number of aldehydes is 1. The summed E-state index contributed by atoms with van der Waals surface area (Å²) in [6.45, 7) is 5.16. The van der Waals surface area contributed by atoms with Gasteiger partial charge >= 0.3 is 0 Å². The van der Waals surface area contributed by atoms with Crippen LogP contribution in [0.25, 0.3) is 6.08 Å². The van der Waals surface area contributed by atoms with Crippen molar-refractivity contribution in [2.24, 2.45) is 0 Å². The van der Waals surface area contributed by atoms with Crippen molar-refractivity contribution in [3.63, 3.8) is 0 Å². The quantitative estimate of drug-likeness (QED) is 0.870. The molecule has 1 aromatic carbocycles. The molecule has 1 aliphatic heterocycles. The second kappa shape index (κ2) is 6.19. The summed E-state index contributed by atoms with van der Waals surface area (Å²) in [5, 5.41) is 11.0. The highest BCUT2D eigenvalue weighted by molar-refractivity contribution is 5.78. The van der Waals surface area contributed by atoms with Gasteiger partial charge in [-0.3, -0.25) is 4.79 Å². The van der Waals surface area contributed by atoms with Crippen molar-refractivity contribution in [3.05, 3.63) is 40.5 Å². The van der Waals surface area contributed by atoms with E-state index in [0.29, 0.717) is 44.5 Å². The maximum absolute atomic E-state index is 11.1. The van der Waals surface area contributed by atoms with Gasteiger partial charge in [0, 0.05) is 18.4 Å². The van der Waals surface area contributed by atoms with E-state index in [9.17, 15) is 9.90 Å². The summed E-state index contributed by atoms with van der Waals surface area (Å²) in [7, 11) is 0. The number of hydrogen-bond acceptors (Lipinski definition) is 4. The third-order valence-corrected chi connectivity index (χ3v) is 5.20. The van der Waals surface area contributed by atoms with Crippen LogP contribution in [-0.2, 0) is 9.47 Å². The first-order chi connectivity index (χ1) is 11.0. The number of aryl methyl sites for hydroxylation is 1. The van der Waals surface area contributed by atoms with E-state index < -0.39 is 11.4 Å². The number of benzene rings is 1. The Labute approximate surface area is 137 Å². The van der Waals surface area contributed by atoms with E-state index in [4.69, 9.17) is 9.47 Å². The van der Waals surface area contributed by atoms with Gasteiger partial charge in [0.15, 0.2) is 5.79 Å². The van der Waals surface area contributed by atoms with Crippen LogP contribution in [0.2, 0.25) is 0 Å². The average molecular weight is 316 g/mol. The SMILES string of the molecule is C/C(=C\c1ccc(C)c(C=O)c1)C1(O)CCC2(CC1)OCCO2. The molecule has 0 amide bonds. The molecule has 1 heterocycles. The van der Waals surface area contributed by atoms with E-state index in [-0.39, 0.29) is 0 Å². The van der Waals surface area contributed by atoms with Crippen molar-refractivity contribution in [3.8, 4) is 0 Å². The third kappa shape index (κ3) is 3.25. The van der Waals surface area contributed by atoms with Gasteiger partial charge in [0.2, 0.25) is 0 Å². The zero-order chi connectivity index (χ0) is 16.5. The van der Waals surface area contributed by atoms with Crippen LogP contribution in [-0.4, -0.2) is 36.0 Å². The van der Waals surface area contributed by atoms with Crippen molar-refractivity contribution < 1.29 is 19.4 Å². The van der Waals surface area contributed by atoms with Crippen LogP contribution in [0.3, 0.4) is 0 Å². The second-order valence-electron chi connectivity index (χ2n) is 6.70. The van der Waals surface area contributed by atoms with Gasteiger partial charge in [-0.2, -0.15) is 0 Å². The molecule has 2 fully saturated rings. The highest BCUT2D eigenvalue weighted by Gasteiger charge is 2.46. The lowest BCUT2D eigenvalue weighted by atomic mass is 9.76. The second-order valence-corrected chi connectivity index (χ2v) is 6.70. The fourth-order valence-corrected chi connectivity index (χ4v) is 3.48. The van der Waals surface area contributed by atoms with Crippen molar-refractivity contribution in [2.45, 2.75) is 50.9 Å². The Morgan fingerprint density at radius 3 is 2.43 bits per heavy atom. The summed E-state index contributed by atoms with van der Waals surface area (Å²) in [5.41, 5.74) is 2.69. The van der Waals surface area contributed by atoms with Gasteiger partial charge in [-0.25, -0.2) is 0 Å². The minimum absolute atomic E-state index is 0.471. The van der Waals surface area contributed by atoms with Gasteiger partial charge in [-0.1, -0.05) is 18.2 Å². The first-order valence-corrected chi connectivity index (χ1v) is 8.21. The lowest BCUT2D eigenvalue weighted by Crippen LogP contribution is -2.44. The molecule has 2 aliphatic rings. The maximum Gasteiger partial charge on any atom is 0.168 e.